The SMILES string of the molecule is CCOC(=O)Nc1ccc2c(COC(=O)c3ccc(S(C)(=O)=O)cc3)cc(=O)oc2c1. The zero-order valence-corrected chi connectivity index (χ0v) is 17.5. The second-order valence-electron chi connectivity index (χ2n) is 6.52. The molecular weight excluding hydrogens is 426 g/mol. The van der Waals surface area contributed by atoms with Crippen molar-refractivity contribution in [2.45, 2.75) is 18.4 Å². The predicted octanol–water partition coefficient (Wildman–Crippen LogP) is 3.12. The number of anilines is 1. The van der Waals surface area contributed by atoms with Crippen LogP contribution in [0.1, 0.15) is 22.8 Å². The number of carbonyl (C=O) groups is 2. The third-order valence-electron chi connectivity index (χ3n) is 4.23. The molecule has 0 radical (unpaired) electrons. The minimum Gasteiger partial charge on any atom is -0.457 e. The molecule has 1 aromatic heterocycles. The van der Waals surface area contributed by atoms with Crippen molar-refractivity contribution in [1.29, 1.82) is 0 Å². The van der Waals surface area contributed by atoms with Crippen LogP contribution in [0.25, 0.3) is 11.0 Å². The van der Waals surface area contributed by atoms with Gasteiger partial charge in [-0.3, -0.25) is 5.32 Å². The molecule has 0 aliphatic heterocycles. The first kappa shape index (κ1) is 22.0. The number of ether oxygens (including phenoxy) is 2. The van der Waals surface area contributed by atoms with Gasteiger partial charge >= 0.3 is 17.7 Å². The molecule has 162 valence electrons. The van der Waals surface area contributed by atoms with Gasteiger partial charge in [-0.25, -0.2) is 22.8 Å². The highest BCUT2D eigenvalue weighted by molar-refractivity contribution is 7.90. The molecular formula is C21H19NO8S. The predicted molar refractivity (Wildman–Crippen MR) is 112 cm³/mol. The van der Waals surface area contributed by atoms with Gasteiger partial charge in [0.2, 0.25) is 0 Å². The highest BCUT2D eigenvalue weighted by atomic mass is 32.2. The van der Waals surface area contributed by atoms with Crippen molar-refractivity contribution in [1.82, 2.24) is 0 Å². The zero-order valence-electron chi connectivity index (χ0n) is 16.7. The number of hydrogen-bond donors (Lipinski definition) is 1. The quantitative estimate of drug-likeness (QED) is 0.453. The van der Waals surface area contributed by atoms with Crippen molar-refractivity contribution in [2.24, 2.45) is 0 Å². The van der Waals surface area contributed by atoms with Crippen LogP contribution in [-0.2, 0) is 25.9 Å². The molecule has 0 atom stereocenters. The Hall–Kier alpha value is -3.66. The number of sulfone groups is 1. The maximum Gasteiger partial charge on any atom is 0.411 e. The molecule has 0 unspecified atom stereocenters. The smallest absolute Gasteiger partial charge is 0.411 e. The lowest BCUT2D eigenvalue weighted by Crippen LogP contribution is -2.13. The molecule has 1 heterocycles. The lowest BCUT2D eigenvalue weighted by atomic mass is 10.1. The summed E-state index contributed by atoms with van der Waals surface area (Å²) in [7, 11) is -3.38. The van der Waals surface area contributed by atoms with E-state index in [2.05, 4.69) is 5.32 Å². The third kappa shape index (κ3) is 5.48. The molecule has 9 nitrogen and oxygen atoms in total. The van der Waals surface area contributed by atoms with E-state index in [1.165, 1.54) is 36.4 Å². The average Bonchev–Trinajstić information content (AvgIpc) is 2.71. The summed E-state index contributed by atoms with van der Waals surface area (Å²) in [6.45, 7) is 1.67. The summed E-state index contributed by atoms with van der Waals surface area (Å²) in [5.41, 5.74) is 0.500. The van der Waals surface area contributed by atoms with Crippen LogP contribution in [0.5, 0.6) is 0 Å². The van der Waals surface area contributed by atoms with Crippen LogP contribution in [0.3, 0.4) is 0 Å². The molecule has 1 amide bonds. The Morgan fingerprint density at radius 2 is 1.74 bits per heavy atom. The summed E-state index contributed by atoms with van der Waals surface area (Å²) >= 11 is 0. The number of rotatable bonds is 6. The highest BCUT2D eigenvalue weighted by Gasteiger charge is 2.13. The fraction of sp³-hybridized carbons (Fsp3) is 0.190. The first-order valence-electron chi connectivity index (χ1n) is 9.15. The lowest BCUT2D eigenvalue weighted by Gasteiger charge is -2.09. The summed E-state index contributed by atoms with van der Waals surface area (Å²) < 4.78 is 38.3. The van der Waals surface area contributed by atoms with Crippen LogP contribution in [0.2, 0.25) is 0 Å². The molecule has 0 aliphatic carbocycles. The van der Waals surface area contributed by atoms with Crippen molar-refractivity contribution >= 4 is 38.6 Å². The third-order valence-corrected chi connectivity index (χ3v) is 5.36. The fourth-order valence-electron chi connectivity index (χ4n) is 2.78. The summed E-state index contributed by atoms with van der Waals surface area (Å²) in [6.07, 6.45) is 0.427. The molecule has 1 N–H and O–H groups in total. The van der Waals surface area contributed by atoms with Crippen LogP contribution in [0.4, 0.5) is 10.5 Å². The molecule has 0 fully saturated rings. The van der Waals surface area contributed by atoms with Gasteiger partial charge in [0.15, 0.2) is 9.84 Å². The molecule has 3 rings (SSSR count). The van der Waals surface area contributed by atoms with Gasteiger partial charge in [-0.1, -0.05) is 0 Å². The molecule has 3 aromatic rings. The molecule has 31 heavy (non-hydrogen) atoms. The van der Waals surface area contributed by atoms with Crippen molar-refractivity contribution in [3.8, 4) is 0 Å². The summed E-state index contributed by atoms with van der Waals surface area (Å²) in [5, 5.41) is 3.03. The average molecular weight is 445 g/mol. The van der Waals surface area contributed by atoms with Gasteiger partial charge < -0.3 is 13.9 Å². The lowest BCUT2D eigenvalue weighted by molar-refractivity contribution is 0.0473. The minimum atomic E-state index is -3.38. The van der Waals surface area contributed by atoms with Gasteiger partial charge in [-0.05, 0) is 43.3 Å². The number of amides is 1. The van der Waals surface area contributed by atoms with Crippen LogP contribution >= 0.6 is 0 Å². The van der Waals surface area contributed by atoms with E-state index in [9.17, 15) is 22.8 Å². The van der Waals surface area contributed by atoms with E-state index >= 15 is 0 Å². The van der Waals surface area contributed by atoms with E-state index in [4.69, 9.17) is 13.9 Å². The first-order chi connectivity index (χ1) is 14.7. The molecule has 0 saturated carbocycles. The number of benzene rings is 2. The Labute approximate surface area is 177 Å². The van der Waals surface area contributed by atoms with Gasteiger partial charge in [-0.2, -0.15) is 0 Å². The normalized spacial score (nSPS) is 11.2. The number of nitrogens with one attached hydrogen (secondary N) is 1. The molecule has 0 bridgehead atoms. The Morgan fingerprint density at radius 3 is 2.39 bits per heavy atom. The molecule has 0 aliphatic rings. The zero-order chi connectivity index (χ0) is 22.6. The van der Waals surface area contributed by atoms with E-state index in [0.29, 0.717) is 16.6 Å². The maximum absolute atomic E-state index is 12.3. The topological polar surface area (TPSA) is 129 Å². The van der Waals surface area contributed by atoms with E-state index < -0.39 is 27.5 Å². The maximum atomic E-state index is 12.3. The van der Waals surface area contributed by atoms with Crippen molar-refractivity contribution in [3.05, 3.63) is 70.1 Å². The molecule has 2 aromatic carbocycles. The Bertz CT molecular complexity index is 1290. The number of fused-ring (bicyclic) bond motifs is 1. The number of esters is 1. The molecule has 10 heteroatoms. The fourth-order valence-corrected chi connectivity index (χ4v) is 3.41. The van der Waals surface area contributed by atoms with E-state index in [-0.39, 0.29) is 29.3 Å². The van der Waals surface area contributed by atoms with Gasteiger partial charge in [-0.15, -0.1) is 0 Å². The van der Waals surface area contributed by atoms with Crippen LogP contribution in [-0.4, -0.2) is 33.3 Å². The second kappa shape index (κ2) is 9.00. The van der Waals surface area contributed by atoms with Gasteiger partial charge in [0.1, 0.15) is 12.2 Å². The standard InChI is InChI=1S/C21H19NO8S/c1-3-28-21(25)22-15-6-9-17-14(10-19(23)30-18(17)11-15)12-29-20(24)13-4-7-16(8-5-13)31(2,26)27/h4-11H,3,12H2,1-2H3,(H,22,25). The number of hydrogen-bond acceptors (Lipinski definition) is 8. The van der Waals surface area contributed by atoms with Gasteiger partial charge in [0.05, 0.1) is 17.1 Å². The Balaban J connectivity index is 1.78. The summed E-state index contributed by atoms with van der Waals surface area (Å²) in [4.78, 5) is 35.9. The van der Waals surface area contributed by atoms with Crippen molar-refractivity contribution in [3.63, 3.8) is 0 Å². The Morgan fingerprint density at radius 1 is 1.03 bits per heavy atom. The second-order valence-corrected chi connectivity index (χ2v) is 8.54. The van der Waals surface area contributed by atoms with Crippen LogP contribution in [0.15, 0.2) is 62.6 Å². The highest BCUT2D eigenvalue weighted by Crippen LogP contribution is 2.22. The van der Waals surface area contributed by atoms with E-state index in [1.807, 2.05) is 0 Å². The van der Waals surface area contributed by atoms with E-state index in [0.717, 1.165) is 6.26 Å². The number of carbonyl (C=O) groups excluding carboxylic acids is 2. The largest absolute Gasteiger partial charge is 0.457 e. The van der Waals surface area contributed by atoms with Gasteiger partial charge in [0, 0.05) is 35.0 Å². The molecule has 0 saturated heterocycles. The summed E-state index contributed by atoms with van der Waals surface area (Å²) in [5.74, 6) is -0.679. The molecule has 0 spiro atoms. The first-order valence-corrected chi connectivity index (χ1v) is 11.0. The van der Waals surface area contributed by atoms with Crippen molar-refractivity contribution in [2.75, 3.05) is 18.2 Å². The minimum absolute atomic E-state index is 0.0861. The van der Waals surface area contributed by atoms with Crippen LogP contribution in [0, 0.1) is 0 Å². The monoisotopic (exact) mass is 445 g/mol. The Kier molecular flexibility index (Phi) is 6.40. The van der Waals surface area contributed by atoms with E-state index in [1.54, 1.807) is 19.1 Å². The summed E-state index contributed by atoms with van der Waals surface area (Å²) in [6, 6.07) is 11.2. The van der Waals surface area contributed by atoms with Gasteiger partial charge in [0.25, 0.3) is 0 Å². The van der Waals surface area contributed by atoms with Crippen LogP contribution < -0.4 is 10.9 Å². The van der Waals surface area contributed by atoms with Crippen molar-refractivity contribution < 1.29 is 31.9 Å².